The smallest absolute Gasteiger partial charge is 0.239 e. The number of carbonyl (C=O) groups is 1. The van der Waals surface area contributed by atoms with Crippen LogP contribution in [0.4, 0.5) is 5.82 Å². The molecule has 0 fully saturated rings. The average Bonchev–Trinajstić information content (AvgIpc) is 2.29. The summed E-state index contributed by atoms with van der Waals surface area (Å²) in [6, 6.07) is 3.31. The van der Waals surface area contributed by atoms with E-state index in [1.807, 2.05) is 11.8 Å². The first-order valence-electron chi connectivity index (χ1n) is 6.16. The lowest BCUT2D eigenvalue weighted by atomic mass is 10.1. The predicted octanol–water partition coefficient (Wildman–Crippen LogP) is 1.77. The van der Waals surface area contributed by atoms with Crippen molar-refractivity contribution in [3.8, 4) is 0 Å². The van der Waals surface area contributed by atoms with Crippen LogP contribution in [0.2, 0.25) is 5.02 Å². The Labute approximate surface area is 118 Å². The second-order valence-electron chi connectivity index (χ2n) is 5.03. The number of amides is 1. The second-order valence-corrected chi connectivity index (χ2v) is 5.46. The summed E-state index contributed by atoms with van der Waals surface area (Å²) in [7, 11) is 0. The number of nitrogens with zero attached hydrogens (tertiary/aromatic N) is 2. The molecular formula is C13H20ClN3O2. The van der Waals surface area contributed by atoms with Gasteiger partial charge in [0.25, 0.3) is 0 Å². The Morgan fingerprint density at radius 1 is 1.53 bits per heavy atom. The van der Waals surface area contributed by atoms with Gasteiger partial charge in [0.1, 0.15) is 5.82 Å². The molecular weight excluding hydrogens is 266 g/mol. The summed E-state index contributed by atoms with van der Waals surface area (Å²) >= 11 is 5.72. The number of pyridine rings is 1. The quantitative estimate of drug-likeness (QED) is 0.836. The highest BCUT2D eigenvalue weighted by atomic mass is 35.5. The third-order valence-corrected chi connectivity index (χ3v) is 2.64. The normalized spacial score (nSPS) is 11.7. The number of hydrogen-bond acceptors (Lipinski definition) is 4. The first-order valence-corrected chi connectivity index (χ1v) is 6.54. The SMILES string of the molecule is CCN(CC(=O)Nc1ccc(Cl)cn1)CC(C)(C)O. The first kappa shape index (κ1) is 15.9. The van der Waals surface area contributed by atoms with Crippen molar-refractivity contribution >= 4 is 23.3 Å². The van der Waals surface area contributed by atoms with Crippen LogP contribution in [0, 0.1) is 0 Å². The number of aromatic nitrogens is 1. The Kier molecular flexibility index (Phi) is 5.72. The topological polar surface area (TPSA) is 65.5 Å². The van der Waals surface area contributed by atoms with Gasteiger partial charge in [-0.25, -0.2) is 4.98 Å². The maximum atomic E-state index is 11.8. The number of aliphatic hydroxyl groups is 1. The summed E-state index contributed by atoms with van der Waals surface area (Å²) in [5.41, 5.74) is -0.825. The zero-order valence-corrected chi connectivity index (χ0v) is 12.2. The molecule has 0 unspecified atom stereocenters. The monoisotopic (exact) mass is 285 g/mol. The number of rotatable bonds is 6. The maximum Gasteiger partial charge on any atom is 0.239 e. The van der Waals surface area contributed by atoms with Crippen LogP contribution in [0.15, 0.2) is 18.3 Å². The largest absolute Gasteiger partial charge is 0.389 e. The molecule has 1 rings (SSSR count). The molecule has 0 aliphatic rings. The van der Waals surface area contributed by atoms with Gasteiger partial charge in [0, 0.05) is 12.7 Å². The Balaban J connectivity index is 2.51. The van der Waals surface area contributed by atoms with Crippen molar-refractivity contribution in [1.82, 2.24) is 9.88 Å². The van der Waals surface area contributed by atoms with Crippen LogP contribution in [0.25, 0.3) is 0 Å². The van der Waals surface area contributed by atoms with Gasteiger partial charge in [-0.15, -0.1) is 0 Å². The lowest BCUT2D eigenvalue weighted by molar-refractivity contribution is -0.117. The van der Waals surface area contributed by atoms with Crippen molar-refractivity contribution in [2.45, 2.75) is 26.4 Å². The lowest BCUT2D eigenvalue weighted by Gasteiger charge is -2.27. The van der Waals surface area contributed by atoms with Crippen molar-refractivity contribution in [1.29, 1.82) is 0 Å². The zero-order chi connectivity index (χ0) is 14.5. The minimum Gasteiger partial charge on any atom is -0.389 e. The number of likely N-dealkylation sites (N-methyl/N-ethyl adjacent to an activating group) is 1. The van der Waals surface area contributed by atoms with Gasteiger partial charge in [0.2, 0.25) is 5.91 Å². The van der Waals surface area contributed by atoms with Crippen LogP contribution >= 0.6 is 11.6 Å². The lowest BCUT2D eigenvalue weighted by Crippen LogP contribution is -2.42. The number of anilines is 1. The standard InChI is InChI=1S/C13H20ClN3O2/c1-4-17(9-13(2,3)19)8-12(18)16-11-6-5-10(14)7-15-11/h5-7,19H,4,8-9H2,1-3H3,(H,15,16,18). The minimum atomic E-state index is -0.825. The van der Waals surface area contributed by atoms with Crippen molar-refractivity contribution in [3.63, 3.8) is 0 Å². The van der Waals surface area contributed by atoms with Crippen LogP contribution < -0.4 is 5.32 Å². The van der Waals surface area contributed by atoms with Crippen LogP contribution in [0.1, 0.15) is 20.8 Å². The van der Waals surface area contributed by atoms with E-state index in [1.165, 1.54) is 6.20 Å². The highest BCUT2D eigenvalue weighted by Gasteiger charge is 2.19. The number of nitrogens with one attached hydrogen (secondary N) is 1. The van der Waals surface area contributed by atoms with Crippen molar-refractivity contribution < 1.29 is 9.90 Å². The highest BCUT2D eigenvalue weighted by molar-refractivity contribution is 6.30. The number of halogens is 1. The third-order valence-electron chi connectivity index (χ3n) is 2.42. The number of carbonyl (C=O) groups excluding carboxylic acids is 1. The van der Waals surface area contributed by atoms with Gasteiger partial charge in [-0.2, -0.15) is 0 Å². The maximum absolute atomic E-state index is 11.8. The fourth-order valence-corrected chi connectivity index (χ4v) is 1.77. The van der Waals surface area contributed by atoms with E-state index in [0.29, 0.717) is 23.9 Å². The van der Waals surface area contributed by atoms with E-state index in [4.69, 9.17) is 11.6 Å². The van der Waals surface area contributed by atoms with Gasteiger partial charge < -0.3 is 10.4 Å². The molecule has 2 N–H and O–H groups in total. The summed E-state index contributed by atoms with van der Waals surface area (Å²) in [5, 5.41) is 13.0. The molecule has 0 saturated carbocycles. The summed E-state index contributed by atoms with van der Waals surface area (Å²) in [4.78, 5) is 17.7. The van der Waals surface area contributed by atoms with Gasteiger partial charge in [0.05, 0.1) is 17.2 Å². The molecule has 1 aromatic rings. The molecule has 0 aliphatic heterocycles. The molecule has 0 bridgehead atoms. The van der Waals surface area contributed by atoms with Gasteiger partial charge in [-0.3, -0.25) is 9.69 Å². The van der Waals surface area contributed by atoms with E-state index in [-0.39, 0.29) is 12.5 Å². The van der Waals surface area contributed by atoms with Crippen molar-refractivity contribution in [3.05, 3.63) is 23.4 Å². The van der Waals surface area contributed by atoms with E-state index in [9.17, 15) is 9.90 Å². The molecule has 0 spiro atoms. The van der Waals surface area contributed by atoms with E-state index in [1.54, 1.807) is 26.0 Å². The Hall–Kier alpha value is -1.17. The highest BCUT2D eigenvalue weighted by Crippen LogP contribution is 2.10. The van der Waals surface area contributed by atoms with E-state index in [2.05, 4.69) is 10.3 Å². The fourth-order valence-electron chi connectivity index (χ4n) is 1.66. The zero-order valence-electron chi connectivity index (χ0n) is 11.5. The van der Waals surface area contributed by atoms with Crippen LogP contribution in [-0.2, 0) is 4.79 Å². The third kappa shape index (κ3) is 6.52. The molecule has 5 nitrogen and oxygen atoms in total. The molecule has 0 saturated heterocycles. The van der Waals surface area contributed by atoms with Gasteiger partial charge in [-0.05, 0) is 32.5 Å². The molecule has 0 atom stereocenters. The summed E-state index contributed by atoms with van der Waals surface area (Å²) in [6.07, 6.45) is 1.48. The minimum absolute atomic E-state index is 0.166. The van der Waals surface area contributed by atoms with Gasteiger partial charge >= 0.3 is 0 Å². The molecule has 0 radical (unpaired) electrons. The Morgan fingerprint density at radius 2 is 2.21 bits per heavy atom. The van der Waals surface area contributed by atoms with Crippen molar-refractivity contribution in [2.24, 2.45) is 0 Å². The molecule has 1 heterocycles. The fraction of sp³-hybridized carbons (Fsp3) is 0.538. The molecule has 19 heavy (non-hydrogen) atoms. The Bertz CT molecular complexity index is 415. The van der Waals surface area contributed by atoms with E-state index < -0.39 is 5.60 Å². The van der Waals surface area contributed by atoms with Gasteiger partial charge in [0.15, 0.2) is 0 Å². The Morgan fingerprint density at radius 3 is 2.68 bits per heavy atom. The molecule has 1 amide bonds. The second kappa shape index (κ2) is 6.84. The summed E-state index contributed by atoms with van der Waals surface area (Å²) in [6.45, 7) is 6.71. The van der Waals surface area contributed by atoms with Gasteiger partial charge in [-0.1, -0.05) is 18.5 Å². The predicted molar refractivity (Wildman–Crippen MR) is 76.3 cm³/mol. The average molecular weight is 286 g/mol. The van der Waals surface area contributed by atoms with Crippen LogP contribution in [0.5, 0.6) is 0 Å². The molecule has 106 valence electrons. The van der Waals surface area contributed by atoms with Crippen LogP contribution in [0.3, 0.4) is 0 Å². The van der Waals surface area contributed by atoms with Crippen LogP contribution in [-0.4, -0.2) is 46.1 Å². The number of hydrogen-bond donors (Lipinski definition) is 2. The summed E-state index contributed by atoms with van der Waals surface area (Å²) < 4.78 is 0. The molecule has 0 aromatic carbocycles. The molecule has 0 aliphatic carbocycles. The van der Waals surface area contributed by atoms with Crippen molar-refractivity contribution in [2.75, 3.05) is 25.0 Å². The van der Waals surface area contributed by atoms with E-state index in [0.717, 1.165) is 0 Å². The van der Waals surface area contributed by atoms with E-state index >= 15 is 0 Å². The molecule has 6 heteroatoms. The first-order chi connectivity index (χ1) is 8.80. The summed E-state index contributed by atoms with van der Waals surface area (Å²) in [5.74, 6) is 0.301. The molecule has 1 aromatic heterocycles.